The van der Waals surface area contributed by atoms with Crippen LogP contribution in [-0.2, 0) is 24.1 Å². The molecule has 0 bridgehead atoms. The third-order valence-corrected chi connectivity index (χ3v) is 9.23. The van der Waals surface area contributed by atoms with Gasteiger partial charge in [0, 0.05) is 17.7 Å². The monoisotopic (exact) mass is 568 g/mol. The number of hydrogen-bond acceptors (Lipinski definition) is 8. The summed E-state index contributed by atoms with van der Waals surface area (Å²) in [6.45, 7) is 3.69. The fraction of sp³-hybridized carbons (Fsp3) is 0.375. The first-order valence-electron chi connectivity index (χ1n) is 11.2. The number of sulfone groups is 1. The number of urea groups is 1. The van der Waals surface area contributed by atoms with Crippen molar-refractivity contribution in [1.29, 1.82) is 0 Å². The Balaban J connectivity index is 1.75. The van der Waals surface area contributed by atoms with Gasteiger partial charge in [0.2, 0.25) is 5.90 Å². The van der Waals surface area contributed by atoms with Crippen molar-refractivity contribution in [3.63, 3.8) is 0 Å². The summed E-state index contributed by atoms with van der Waals surface area (Å²) in [4.78, 5) is 22.5. The molecule has 2 aromatic rings. The summed E-state index contributed by atoms with van der Waals surface area (Å²) in [7, 11) is -1.08. The van der Waals surface area contributed by atoms with Gasteiger partial charge in [-0.1, -0.05) is 23.2 Å². The fourth-order valence-electron chi connectivity index (χ4n) is 4.18. The highest BCUT2D eigenvalue weighted by Gasteiger charge is 2.46. The minimum Gasteiger partial charge on any atom is -0.491 e. The zero-order valence-electron chi connectivity index (χ0n) is 20.6. The Hall–Kier alpha value is -2.86. The molecule has 10 nitrogen and oxygen atoms in total. The molecule has 2 amide bonds. The number of aliphatic imine (C=N–C) groups is 2. The van der Waals surface area contributed by atoms with Crippen LogP contribution in [0.3, 0.4) is 0 Å². The maximum Gasteiger partial charge on any atom is 0.324 e. The largest absolute Gasteiger partial charge is 0.491 e. The number of amides is 2. The summed E-state index contributed by atoms with van der Waals surface area (Å²) in [6.07, 6.45) is 0.534. The maximum absolute atomic E-state index is 14.0. The Morgan fingerprint density at radius 1 is 1.11 bits per heavy atom. The lowest BCUT2D eigenvalue weighted by molar-refractivity contribution is 0.145. The van der Waals surface area contributed by atoms with Gasteiger partial charge < -0.3 is 19.5 Å². The molecule has 2 unspecified atom stereocenters. The number of benzene rings is 2. The van der Waals surface area contributed by atoms with E-state index in [0.29, 0.717) is 22.9 Å². The van der Waals surface area contributed by atoms with E-state index in [9.17, 15) is 13.2 Å². The van der Waals surface area contributed by atoms with Gasteiger partial charge in [-0.15, -0.1) is 0 Å². The molecular formula is C24H26Cl2N4O6S. The predicted molar refractivity (Wildman–Crippen MR) is 142 cm³/mol. The highest BCUT2D eigenvalue weighted by molar-refractivity contribution is 7.92. The van der Waals surface area contributed by atoms with Crippen LogP contribution in [-0.4, -0.2) is 66.3 Å². The van der Waals surface area contributed by atoms with Crippen LogP contribution in [0.4, 0.5) is 10.5 Å². The molecule has 2 atom stereocenters. The second kappa shape index (κ2) is 10.5. The molecule has 1 saturated heterocycles. The molecule has 198 valence electrons. The molecule has 37 heavy (non-hydrogen) atoms. The molecule has 2 heterocycles. The smallest absolute Gasteiger partial charge is 0.324 e. The summed E-state index contributed by atoms with van der Waals surface area (Å²) in [5.74, 6) is 0.646. The molecule has 0 saturated carbocycles. The molecule has 0 spiro atoms. The average molecular weight is 569 g/mol. The summed E-state index contributed by atoms with van der Waals surface area (Å²) >= 11 is 12.7. The van der Waals surface area contributed by atoms with Crippen LogP contribution >= 0.6 is 23.2 Å². The number of fused-ring (bicyclic) bond motifs is 1. The molecule has 0 radical (unpaired) electrons. The van der Waals surface area contributed by atoms with Gasteiger partial charge in [0.05, 0.1) is 34.1 Å². The van der Waals surface area contributed by atoms with Crippen molar-refractivity contribution in [3.05, 3.63) is 52.0 Å². The van der Waals surface area contributed by atoms with Crippen molar-refractivity contribution in [2.45, 2.75) is 35.7 Å². The lowest BCUT2D eigenvalue weighted by atomic mass is 10.0. The molecule has 13 heteroatoms. The minimum absolute atomic E-state index is 0.0450. The van der Waals surface area contributed by atoms with Crippen LogP contribution in [0.15, 0.2) is 51.3 Å². The van der Waals surface area contributed by atoms with Gasteiger partial charge in [-0.25, -0.2) is 23.2 Å². The van der Waals surface area contributed by atoms with E-state index in [2.05, 4.69) is 15.3 Å². The molecule has 1 N–H and O–H groups in total. The summed E-state index contributed by atoms with van der Waals surface area (Å²) in [6, 6.07) is 7.86. The Morgan fingerprint density at radius 2 is 1.86 bits per heavy atom. The second-order valence-electron chi connectivity index (χ2n) is 8.76. The van der Waals surface area contributed by atoms with Gasteiger partial charge in [-0.3, -0.25) is 4.90 Å². The van der Waals surface area contributed by atoms with Crippen LogP contribution in [0, 0.1) is 0 Å². The molecular weight excluding hydrogens is 543 g/mol. The van der Waals surface area contributed by atoms with Crippen molar-refractivity contribution in [1.82, 2.24) is 5.32 Å². The Bertz CT molecular complexity index is 1380. The van der Waals surface area contributed by atoms with Crippen LogP contribution in [0.1, 0.15) is 19.4 Å². The first kappa shape index (κ1) is 27.2. The van der Waals surface area contributed by atoms with Crippen LogP contribution in [0.25, 0.3) is 0 Å². The van der Waals surface area contributed by atoms with E-state index in [1.807, 2.05) is 0 Å². The highest BCUT2D eigenvalue weighted by atomic mass is 35.5. The SMILES string of the molecule is COCCOc1ccc(Cl)cc1C(C)(C)S(=O)(=O)c1ccc(Cl)c(N2C(=O)NC3C(OC)=NC=NC32)c1. The fourth-order valence-corrected chi connectivity index (χ4v) is 6.11. The molecule has 0 aromatic heterocycles. The van der Waals surface area contributed by atoms with Crippen molar-refractivity contribution in [3.8, 4) is 5.75 Å². The third kappa shape index (κ3) is 4.88. The lowest BCUT2D eigenvalue weighted by Gasteiger charge is -2.29. The van der Waals surface area contributed by atoms with E-state index in [4.69, 9.17) is 37.4 Å². The van der Waals surface area contributed by atoms with Crippen molar-refractivity contribution < 1.29 is 27.4 Å². The van der Waals surface area contributed by atoms with Gasteiger partial charge in [0.15, 0.2) is 16.0 Å². The number of rotatable bonds is 8. The highest BCUT2D eigenvalue weighted by Crippen LogP contribution is 2.43. The third-order valence-electron chi connectivity index (χ3n) is 6.23. The van der Waals surface area contributed by atoms with E-state index in [-0.39, 0.29) is 28.1 Å². The number of hydrogen-bond donors (Lipinski definition) is 1. The van der Waals surface area contributed by atoms with E-state index in [0.717, 1.165) is 0 Å². The number of methoxy groups -OCH3 is 2. The number of nitrogens with zero attached hydrogens (tertiary/aromatic N) is 3. The lowest BCUT2D eigenvalue weighted by Crippen LogP contribution is -2.43. The maximum atomic E-state index is 14.0. The van der Waals surface area contributed by atoms with E-state index in [1.54, 1.807) is 39.2 Å². The zero-order valence-corrected chi connectivity index (χ0v) is 22.9. The normalized spacial score (nSPS) is 19.4. The summed E-state index contributed by atoms with van der Waals surface area (Å²) in [5, 5.41) is 3.29. The van der Waals surface area contributed by atoms with E-state index >= 15 is 0 Å². The van der Waals surface area contributed by atoms with Gasteiger partial charge in [-0.2, -0.15) is 0 Å². The first-order chi connectivity index (χ1) is 17.5. The molecule has 2 aliphatic rings. The molecule has 4 rings (SSSR count). The van der Waals surface area contributed by atoms with Crippen LogP contribution < -0.4 is 15.0 Å². The van der Waals surface area contributed by atoms with Crippen LogP contribution in [0.5, 0.6) is 5.75 Å². The number of carbonyl (C=O) groups excluding carboxylic acids is 1. The van der Waals surface area contributed by atoms with Crippen molar-refractivity contribution in [2.24, 2.45) is 9.98 Å². The topological polar surface area (TPSA) is 119 Å². The molecule has 2 aliphatic heterocycles. The standard InChI is InChI=1S/C24H26Cl2N4O6S/c1-24(2,16-11-14(25)5-8-19(16)36-10-9-34-3)37(32,33)15-6-7-17(26)18(12-15)30-21-20(29-23(30)31)22(35-4)28-13-27-21/h5-8,11-13,20-21H,9-10H2,1-4H3,(H,29,31). The summed E-state index contributed by atoms with van der Waals surface area (Å²) in [5.41, 5.74) is 0.560. The number of nitrogens with one attached hydrogen (secondary N) is 1. The van der Waals surface area contributed by atoms with E-state index < -0.39 is 32.8 Å². The molecule has 1 fully saturated rings. The van der Waals surface area contributed by atoms with Gasteiger partial charge in [0.25, 0.3) is 0 Å². The average Bonchev–Trinajstić information content (AvgIpc) is 3.20. The van der Waals surface area contributed by atoms with E-state index in [1.165, 1.54) is 36.5 Å². The number of carbonyl (C=O) groups is 1. The Morgan fingerprint density at radius 3 is 2.57 bits per heavy atom. The van der Waals surface area contributed by atoms with Crippen molar-refractivity contribution in [2.75, 3.05) is 32.3 Å². The molecule has 2 aromatic carbocycles. The predicted octanol–water partition coefficient (Wildman–Crippen LogP) is 4.04. The van der Waals surface area contributed by atoms with Crippen LogP contribution in [0.2, 0.25) is 10.0 Å². The Labute approximate surface area is 225 Å². The van der Waals surface area contributed by atoms with Crippen molar-refractivity contribution >= 4 is 57.0 Å². The number of halogens is 2. The van der Waals surface area contributed by atoms with Gasteiger partial charge in [-0.05, 0) is 50.2 Å². The first-order valence-corrected chi connectivity index (χ1v) is 13.5. The zero-order chi connectivity index (χ0) is 27.0. The van der Waals surface area contributed by atoms with Gasteiger partial charge in [0.1, 0.15) is 24.7 Å². The number of ether oxygens (including phenoxy) is 3. The second-order valence-corrected chi connectivity index (χ2v) is 12.1. The quantitative estimate of drug-likeness (QED) is 0.480. The minimum atomic E-state index is -4.07. The number of anilines is 1. The Kier molecular flexibility index (Phi) is 7.70. The molecule has 0 aliphatic carbocycles. The van der Waals surface area contributed by atoms with Gasteiger partial charge >= 0.3 is 6.03 Å². The summed E-state index contributed by atoms with van der Waals surface area (Å²) < 4.78 is 42.7.